The Kier molecular flexibility index (Phi) is 5.96. The van der Waals surface area contributed by atoms with E-state index in [0.717, 1.165) is 5.56 Å². The molecule has 0 saturated heterocycles. The highest BCUT2D eigenvalue weighted by atomic mass is 19.3. The number of fused-ring (bicyclic) bond motifs is 1. The van der Waals surface area contributed by atoms with Gasteiger partial charge in [0.25, 0.3) is 0 Å². The second-order valence-electron chi connectivity index (χ2n) is 7.91. The van der Waals surface area contributed by atoms with E-state index in [1.165, 1.54) is 0 Å². The largest absolute Gasteiger partial charge is 0.350 e. The van der Waals surface area contributed by atoms with E-state index in [1.54, 1.807) is 10.9 Å². The van der Waals surface area contributed by atoms with Crippen molar-refractivity contribution in [1.82, 2.24) is 19.7 Å². The molecule has 164 valence electrons. The summed E-state index contributed by atoms with van der Waals surface area (Å²) in [6, 6.07) is -0.262. The van der Waals surface area contributed by atoms with Crippen molar-refractivity contribution in [2.75, 3.05) is 22.6 Å². The van der Waals surface area contributed by atoms with Crippen LogP contribution in [0.4, 0.5) is 26.2 Å². The van der Waals surface area contributed by atoms with Gasteiger partial charge in [0.15, 0.2) is 5.82 Å². The molecule has 0 bridgehead atoms. The lowest BCUT2D eigenvalue weighted by Crippen LogP contribution is -2.46. The van der Waals surface area contributed by atoms with Crippen molar-refractivity contribution < 1.29 is 13.6 Å². The highest BCUT2D eigenvalue weighted by Gasteiger charge is 2.45. The number of rotatable bonds is 6. The van der Waals surface area contributed by atoms with Gasteiger partial charge in [0.05, 0.1) is 11.9 Å². The molecule has 30 heavy (non-hydrogen) atoms. The highest BCUT2D eigenvalue weighted by Crippen LogP contribution is 2.43. The molecular weight excluding hydrogens is 392 g/mol. The van der Waals surface area contributed by atoms with Gasteiger partial charge in [-0.15, -0.1) is 0 Å². The Bertz CT molecular complexity index is 922. The number of aryl methyl sites for hydroxylation is 1. The van der Waals surface area contributed by atoms with Crippen LogP contribution in [0.1, 0.15) is 44.9 Å². The molecule has 1 fully saturated rings. The molecule has 1 saturated carbocycles. The second-order valence-corrected chi connectivity index (χ2v) is 7.91. The summed E-state index contributed by atoms with van der Waals surface area (Å²) in [4.78, 5) is 23.1. The van der Waals surface area contributed by atoms with Gasteiger partial charge in [-0.25, -0.2) is 13.8 Å². The van der Waals surface area contributed by atoms with E-state index in [0.29, 0.717) is 42.7 Å². The third-order valence-electron chi connectivity index (χ3n) is 5.57. The maximum absolute atomic E-state index is 13.0. The number of carbonyl (C=O) groups is 1. The number of amides is 1. The molecule has 0 radical (unpaired) electrons. The monoisotopic (exact) mass is 421 g/mol. The summed E-state index contributed by atoms with van der Waals surface area (Å²) in [5.74, 6) is -1.42. The maximum Gasteiger partial charge on any atom is 0.248 e. The molecule has 1 aliphatic carbocycles. The number of halogens is 2. The third kappa shape index (κ3) is 4.22. The van der Waals surface area contributed by atoms with Gasteiger partial charge < -0.3 is 15.5 Å². The Labute approximate surface area is 175 Å². The van der Waals surface area contributed by atoms with Crippen molar-refractivity contribution in [3.05, 3.63) is 23.7 Å². The van der Waals surface area contributed by atoms with Crippen LogP contribution in [0, 0.1) is 12.8 Å². The third-order valence-corrected chi connectivity index (χ3v) is 5.57. The van der Waals surface area contributed by atoms with Gasteiger partial charge >= 0.3 is 0 Å². The molecule has 4 rings (SSSR count). The van der Waals surface area contributed by atoms with Crippen LogP contribution in [0.2, 0.25) is 0 Å². The number of alkyl halides is 2. The minimum absolute atomic E-state index is 0. The summed E-state index contributed by atoms with van der Waals surface area (Å²) in [5, 5.41) is 10.4. The van der Waals surface area contributed by atoms with E-state index in [2.05, 4.69) is 25.7 Å². The molecule has 2 N–H and O–H groups in total. The standard InChI is InChI=1S/C19H25F2N7O.CH4/c1-4-14-17(29)25-15-11(2)24-18(26-16(15)27(14)3)22-7-13-8-23-28(10-13)9-12-5-19(20,21)6-12;/h8,10,12,14H,4-7,9H2,1-3H3,(H,25,29)(H,22,24,26);1H4/t14-;/m0./s1. The van der Waals surface area contributed by atoms with Crippen LogP contribution in [-0.2, 0) is 17.9 Å². The first-order chi connectivity index (χ1) is 13.8. The lowest BCUT2D eigenvalue weighted by atomic mass is 9.81. The fourth-order valence-electron chi connectivity index (χ4n) is 3.98. The van der Waals surface area contributed by atoms with Gasteiger partial charge in [0.1, 0.15) is 11.7 Å². The second kappa shape index (κ2) is 8.16. The van der Waals surface area contributed by atoms with Gasteiger partial charge in [-0.3, -0.25) is 9.48 Å². The van der Waals surface area contributed by atoms with Crippen LogP contribution in [0.15, 0.2) is 12.4 Å². The predicted octanol–water partition coefficient (Wildman–Crippen LogP) is 3.44. The molecule has 2 aromatic rings. The van der Waals surface area contributed by atoms with E-state index in [4.69, 9.17) is 0 Å². The van der Waals surface area contributed by atoms with Gasteiger partial charge in [0, 0.05) is 44.7 Å². The predicted molar refractivity (Wildman–Crippen MR) is 112 cm³/mol. The average Bonchev–Trinajstić information content (AvgIpc) is 3.07. The summed E-state index contributed by atoms with van der Waals surface area (Å²) in [6.07, 6.45) is 4.12. The van der Waals surface area contributed by atoms with Crippen LogP contribution >= 0.6 is 0 Å². The van der Waals surface area contributed by atoms with Gasteiger partial charge in [0.2, 0.25) is 17.8 Å². The quantitative estimate of drug-likeness (QED) is 0.743. The number of nitrogens with zero attached hydrogens (tertiary/aromatic N) is 5. The Morgan fingerprint density at radius 2 is 2.07 bits per heavy atom. The van der Waals surface area contributed by atoms with Gasteiger partial charge in [-0.05, 0) is 19.3 Å². The molecule has 3 heterocycles. The Balaban J connectivity index is 0.00000256. The Hall–Kier alpha value is -2.78. The maximum atomic E-state index is 13.0. The summed E-state index contributed by atoms with van der Waals surface area (Å²) < 4.78 is 27.7. The van der Waals surface area contributed by atoms with E-state index < -0.39 is 5.92 Å². The molecule has 10 heteroatoms. The van der Waals surface area contributed by atoms with Crippen molar-refractivity contribution in [2.45, 2.75) is 65.6 Å². The lowest BCUT2D eigenvalue weighted by molar-refractivity contribution is -0.117. The number of hydrogen-bond donors (Lipinski definition) is 2. The summed E-state index contributed by atoms with van der Waals surface area (Å²) in [7, 11) is 1.86. The van der Waals surface area contributed by atoms with Crippen molar-refractivity contribution in [3.63, 3.8) is 0 Å². The van der Waals surface area contributed by atoms with Crippen LogP contribution < -0.4 is 15.5 Å². The molecular formula is C20H29F2N7O. The van der Waals surface area contributed by atoms with Gasteiger partial charge in [-0.1, -0.05) is 14.4 Å². The van der Waals surface area contributed by atoms with Crippen molar-refractivity contribution >= 4 is 23.4 Å². The zero-order valence-electron chi connectivity index (χ0n) is 16.7. The van der Waals surface area contributed by atoms with Crippen LogP contribution in [0.25, 0.3) is 0 Å². The summed E-state index contributed by atoms with van der Waals surface area (Å²) >= 11 is 0. The fourth-order valence-corrected chi connectivity index (χ4v) is 3.98. The van der Waals surface area contributed by atoms with Gasteiger partial charge in [-0.2, -0.15) is 10.1 Å². The van der Waals surface area contributed by atoms with E-state index in [9.17, 15) is 13.6 Å². The Morgan fingerprint density at radius 1 is 1.33 bits per heavy atom. The molecule has 0 unspecified atom stereocenters. The molecule has 1 aliphatic heterocycles. The minimum atomic E-state index is -2.51. The number of likely N-dealkylation sites (N-methyl/N-ethyl adjacent to an activating group) is 1. The van der Waals surface area contributed by atoms with Crippen molar-refractivity contribution in [2.24, 2.45) is 5.92 Å². The smallest absolute Gasteiger partial charge is 0.248 e. The molecule has 0 spiro atoms. The van der Waals surface area contributed by atoms with Crippen LogP contribution in [0.5, 0.6) is 0 Å². The SMILES string of the molecule is C.CC[C@H]1C(=O)Nc2c(C)nc(NCc3cnn(CC4CC(F)(F)C4)c3)nc2N1C. The van der Waals surface area contributed by atoms with E-state index in [1.807, 2.05) is 32.0 Å². The first-order valence-corrected chi connectivity index (χ1v) is 9.81. The Morgan fingerprint density at radius 3 is 2.73 bits per heavy atom. The normalized spacial score (nSPS) is 20.1. The fraction of sp³-hybridized carbons (Fsp3) is 0.600. The van der Waals surface area contributed by atoms with E-state index >= 15 is 0 Å². The topological polar surface area (TPSA) is 88.0 Å². The minimum Gasteiger partial charge on any atom is -0.350 e. The number of hydrogen-bond acceptors (Lipinski definition) is 6. The molecule has 0 aromatic carbocycles. The molecule has 2 aliphatic rings. The summed E-state index contributed by atoms with van der Waals surface area (Å²) in [5.41, 5.74) is 2.25. The number of nitrogens with one attached hydrogen (secondary N) is 2. The zero-order chi connectivity index (χ0) is 20.8. The number of carbonyl (C=O) groups excluding carboxylic acids is 1. The van der Waals surface area contributed by atoms with Crippen molar-refractivity contribution in [3.8, 4) is 0 Å². The number of anilines is 3. The molecule has 1 atom stereocenters. The van der Waals surface area contributed by atoms with Crippen molar-refractivity contribution in [1.29, 1.82) is 0 Å². The van der Waals surface area contributed by atoms with Crippen LogP contribution in [0.3, 0.4) is 0 Å². The van der Waals surface area contributed by atoms with Crippen LogP contribution in [-0.4, -0.2) is 44.7 Å². The molecule has 8 nitrogen and oxygen atoms in total. The summed E-state index contributed by atoms with van der Waals surface area (Å²) in [6.45, 7) is 4.76. The highest BCUT2D eigenvalue weighted by molar-refractivity contribution is 6.03. The molecule has 1 amide bonds. The average molecular weight is 421 g/mol. The van der Waals surface area contributed by atoms with E-state index in [-0.39, 0.29) is 38.1 Å². The zero-order valence-corrected chi connectivity index (χ0v) is 16.7. The molecule has 2 aromatic heterocycles. The number of aromatic nitrogens is 4. The first kappa shape index (κ1) is 21.9. The first-order valence-electron chi connectivity index (χ1n) is 9.81. The lowest BCUT2D eigenvalue weighted by Gasteiger charge is -2.34.